The number of amides is 2. The van der Waals surface area contributed by atoms with E-state index in [4.69, 9.17) is 0 Å². The Bertz CT molecular complexity index is 891. The predicted molar refractivity (Wildman–Crippen MR) is 107 cm³/mol. The van der Waals surface area contributed by atoms with E-state index in [1.807, 2.05) is 48.5 Å². The highest BCUT2D eigenvalue weighted by Gasteiger charge is 2.28. The molecule has 2 aliphatic heterocycles. The normalized spacial score (nSPS) is 21.4. The van der Waals surface area contributed by atoms with Crippen LogP contribution in [0.4, 0.5) is 17.1 Å². The van der Waals surface area contributed by atoms with Gasteiger partial charge in [-0.2, -0.15) is 0 Å². The summed E-state index contributed by atoms with van der Waals surface area (Å²) in [6.07, 6.45) is 2.66. The Labute approximate surface area is 158 Å². The van der Waals surface area contributed by atoms with Crippen LogP contribution in [-0.2, 0) is 9.59 Å². The fourth-order valence-corrected chi connectivity index (χ4v) is 3.69. The van der Waals surface area contributed by atoms with E-state index < -0.39 is 0 Å². The highest BCUT2D eigenvalue weighted by molar-refractivity contribution is 6.12. The first-order valence-electron chi connectivity index (χ1n) is 9.16. The van der Waals surface area contributed by atoms with Crippen LogP contribution in [0.2, 0.25) is 0 Å². The zero-order valence-electron chi connectivity index (χ0n) is 15.2. The monoisotopic (exact) mass is 362 g/mol. The van der Waals surface area contributed by atoms with Gasteiger partial charge in [-0.25, -0.2) is 0 Å². The molecule has 6 nitrogen and oxygen atoms in total. The van der Waals surface area contributed by atoms with Crippen LogP contribution < -0.4 is 15.5 Å². The Balaban J connectivity index is 1.42. The molecule has 0 aromatic heterocycles. The quantitative estimate of drug-likeness (QED) is 0.822. The number of aliphatic imine (C=N–C) groups is 1. The third-order valence-electron chi connectivity index (χ3n) is 5.02. The van der Waals surface area contributed by atoms with Crippen LogP contribution in [0.3, 0.4) is 0 Å². The Morgan fingerprint density at radius 3 is 2.78 bits per heavy atom. The summed E-state index contributed by atoms with van der Waals surface area (Å²) in [5.41, 5.74) is 3.75. The van der Waals surface area contributed by atoms with Gasteiger partial charge in [-0.3, -0.25) is 14.6 Å². The van der Waals surface area contributed by atoms with Gasteiger partial charge < -0.3 is 15.5 Å². The molecule has 0 bridgehead atoms. The van der Waals surface area contributed by atoms with Gasteiger partial charge >= 0.3 is 0 Å². The third kappa shape index (κ3) is 3.69. The summed E-state index contributed by atoms with van der Waals surface area (Å²) in [5, 5.41) is 5.86. The lowest BCUT2D eigenvalue weighted by molar-refractivity contribution is -0.119. The van der Waals surface area contributed by atoms with E-state index in [2.05, 4.69) is 20.5 Å². The van der Waals surface area contributed by atoms with Crippen molar-refractivity contribution in [3.8, 4) is 0 Å². The van der Waals surface area contributed by atoms with Gasteiger partial charge in [-0.05, 0) is 42.3 Å². The van der Waals surface area contributed by atoms with Gasteiger partial charge in [-0.1, -0.05) is 18.2 Å². The maximum absolute atomic E-state index is 12.1. The van der Waals surface area contributed by atoms with Crippen molar-refractivity contribution in [3.63, 3.8) is 0 Å². The van der Waals surface area contributed by atoms with Crippen molar-refractivity contribution in [1.29, 1.82) is 0 Å². The molecule has 2 atom stereocenters. The summed E-state index contributed by atoms with van der Waals surface area (Å²) >= 11 is 0. The lowest BCUT2D eigenvalue weighted by Crippen LogP contribution is -2.35. The minimum absolute atomic E-state index is 0.0176. The van der Waals surface area contributed by atoms with E-state index in [9.17, 15) is 9.59 Å². The highest BCUT2D eigenvalue weighted by atomic mass is 16.2. The highest BCUT2D eigenvalue weighted by Crippen LogP contribution is 2.31. The number of rotatable bonds is 4. The minimum Gasteiger partial charge on any atom is -0.369 e. The smallest absolute Gasteiger partial charge is 0.237 e. The topological polar surface area (TPSA) is 73.8 Å². The summed E-state index contributed by atoms with van der Waals surface area (Å²) < 4.78 is 0. The van der Waals surface area contributed by atoms with Crippen LogP contribution in [0.5, 0.6) is 0 Å². The van der Waals surface area contributed by atoms with E-state index in [-0.39, 0.29) is 23.8 Å². The first kappa shape index (κ1) is 17.3. The summed E-state index contributed by atoms with van der Waals surface area (Å²) in [5.74, 6) is -0.375. The standard InChI is InChI=1S/C21H22N4O2/c1-14(26)23-16-10-11-25(13-16)17-8-6-15(7-9-17)22-12-19-18-4-2-3-5-20(18)24-21(19)27/h2-9,12,16,19H,10-11,13H2,1H3,(H,23,26)(H,24,27). The first-order valence-corrected chi connectivity index (χ1v) is 9.16. The van der Waals surface area contributed by atoms with Gasteiger partial charge in [0, 0.05) is 43.6 Å². The zero-order valence-corrected chi connectivity index (χ0v) is 15.2. The average Bonchev–Trinajstić information content (AvgIpc) is 3.23. The van der Waals surface area contributed by atoms with Crippen LogP contribution in [-0.4, -0.2) is 37.2 Å². The van der Waals surface area contributed by atoms with Crippen molar-refractivity contribution in [2.24, 2.45) is 4.99 Å². The molecule has 0 radical (unpaired) electrons. The molecule has 0 spiro atoms. The first-order chi connectivity index (χ1) is 13.1. The molecule has 2 amide bonds. The van der Waals surface area contributed by atoms with Crippen molar-refractivity contribution in [2.75, 3.05) is 23.3 Å². The number of benzene rings is 2. The van der Waals surface area contributed by atoms with Crippen LogP contribution in [0.1, 0.15) is 24.8 Å². The molecule has 6 heteroatoms. The molecule has 0 saturated carbocycles. The number of nitrogens with zero attached hydrogens (tertiary/aromatic N) is 2. The van der Waals surface area contributed by atoms with E-state index >= 15 is 0 Å². The fraction of sp³-hybridized carbons (Fsp3) is 0.286. The van der Waals surface area contributed by atoms with Crippen molar-refractivity contribution < 1.29 is 9.59 Å². The van der Waals surface area contributed by atoms with E-state index in [1.165, 1.54) is 0 Å². The number of nitrogens with one attached hydrogen (secondary N) is 2. The molecule has 2 aromatic rings. The molecule has 1 fully saturated rings. The van der Waals surface area contributed by atoms with Gasteiger partial charge in [0.1, 0.15) is 5.92 Å². The molecule has 2 aliphatic rings. The van der Waals surface area contributed by atoms with E-state index in [0.29, 0.717) is 0 Å². The van der Waals surface area contributed by atoms with Crippen molar-refractivity contribution in [3.05, 3.63) is 54.1 Å². The summed E-state index contributed by atoms with van der Waals surface area (Å²) in [6, 6.07) is 15.9. The second kappa shape index (κ2) is 7.23. The molecule has 2 heterocycles. The van der Waals surface area contributed by atoms with Crippen molar-refractivity contribution in [1.82, 2.24) is 5.32 Å². The van der Waals surface area contributed by atoms with Crippen LogP contribution >= 0.6 is 0 Å². The van der Waals surface area contributed by atoms with Gasteiger partial charge in [0.25, 0.3) is 0 Å². The summed E-state index contributed by atoms with van der Waals surface area (Å²) in [6.45, 7) is 3.30. The largest absolute Gasteiger partial charge is 0.369 e. The molecule has 2 N–H and O–H groups in total. The van der Waals surface area contributed by atoms with Crippen LogP contribution in [0, 0.1) is 0 Å². The molecular formula is C21H22N4O2. The number of carbonyl (C=O) groups is 2. The zero-order chi connectivity index (χ0) is 18.8. The second-order valence-electron chi connectivity index (χ2n) is 6.98. The number of para-hydroxylation sites is 1. The lowest BCUT2D eigenvalue weighted by Gasteiger charge is -2.19. The molecule has 2 unspecified atom stereocenters. The third-order valence-corrected chi connectivity index (χ3v) is 5.02. The number of hydrogen-bond donors (Lipinski definition) is 2. The molecule has 4 rings (SSSR count). The van der Waals surface area contributed by atoms with Crippen molar-refractivity contribution in [2.45, 2.75) is 25.3 Å². The lowest BCUT2D eigenvalue weighted by atomic mass is 10.0. The van der Waals surface area contributed by atoms with Crippen LogP contribution in [0.25, 0.3) is 0 Å². The summed E-state index contributed by atoms with van der Waals surface area (Å²) in [7, 11) is 0. The van der Waals surface area contributed by atoms with Crippen molar-refractivity contribution >= 4 is 35.1 Å². The summed E-state index contributed by atoms with van der Waals surface area (Å²) in [4.78, 5) is 30.1. The van der Waals surface area contributed by atoms with Gasteiger partial charge in [0.2, 0.25) is 11.8 Å². The Morgan fingerprint density at radius 1 is 1.22 bits per heavy atom. The Morgan fingerprint density at radius 2 is 2.00 bits per heavy atom. The Kier molecular flexibility index (Phi) is 4.62. The maximum Gasteiger partial charge on any atom is 0.237 e. The number of anilines is 2. The van der Waals surface area contributed by atoms with Gasteiger partial charge in [0.15, 0.2) is 0 Å². The van der Waals surface area contributed by atoms with E-state index in [1.54, 1.807) is 13.1 Å². The van der Waals surface area contributed by atoms with Crippen LogP contribution in [0.15, 0.2) is 53.5 Å². The maximum atomic E-state index is 12.1. The molecule has 138 valence electrons. The molecule has 27 heavy (non-hydrogen) atoms. The molecule has 1 saturated heterocycles. The number of hydrogen-bond acceptors (Lipinski definition) is 4. The fourth-order valence-electron chi connectivity index (χ4n) is 3.69. The van der Waals surface area contributed by atoms with Gasteiger partial charge in [0.05, 0.1) is 5.69 Å². The predicted octanol–water partition coefficient (Wildman–Crippen LogP) is 2.84. The SMILES string of the molecule is CC(=O)NC1CCN(c2ccc(N=CC3C(=O)Nc4ccccc43)cc2)C1. The average molecular weight is 362 g/mol. The van der Waals surface area contributed by atoms with E-state index in [0.717, 1.165) is 42.1 Å². The molecule has 2 aromatic carbocycles. The number of fused-ring (bicyclic) bond motifs is 1. The van der Waals surface area contributed by atoms with Gasteiger partial charge in [-0.15, -0.1) is 0 Å². The second-order valence-corrected chi connectivity index (χ2v) is 6.98. The minimum atomic E-state index is -0.349. The molecular weight excluding hydrogens is 340 g/mol. The Hall–Kier alpha value is -3.15. The molecule has 0 aliphatic carbocycles. The number of carbonyl (C=O) groups excluding carboxylic acids is 2.